The van der Waals surface area contributed by atoms with Crippen molar-refractivity contribution in [2.45, 2.75) is 12.5 Å². The highest BCUT2D eigenvalue weighted by Crippen LogP contribution is 2.38. The Morgan fingerprint density at radius 2 is 1.73 bits per heavy atom. The molecule has 1 amide bonds. The maximum absolute atomic E-state index is 13.5. The zero-order chi connectivity index (χ0) is 23.1. The van der Waals surface area contributed by atoms with E-state index in [0.717, 1.165) is 5.56 Å². The number of fused-ring (bicyclic) bond motifs is 2. The number of benzene rings is 3. The van der Waals surface area contributed by atoms with Crippen LogP contribution >= 0.6 is 11.6 Å². The number of carbonyl (C=O) groups excluding carboxylic acids is 1. The molecule has 0 aliphatic carbocycles. The monoisotopic (exact) mass is 460 g/mol. The molecule has 2 heterocycles. The van der Waals surface area contributed by atoms with Gasteiger partial charge in [-0.05, 0) is 47.9 Å². The molecule has 5 rings (SSSR count). The fourth-order valence-corrected chi connectivity index (χ4v) is 4.41. The Morgan fingerprint density at radius 1 is 1.00 bits per heavy atom. The average Bonchev–Trinajstić information content (AvgIpc) is 3.10. The summed E-state index contributed by atoms with van der Waals surface area (Å²) in [6.07, 6.45) is 0.573. The molecule has 3 aromatic carbocycles. The van der Waals surface area contributed by atoms with Gasteiger partial charge in [0, 0.05) is 23.7 Å². The van der Waals surface area contributed by atoms with E-state index in [1.165, 1.54) is 18.2 Å². The Hall–Kier alpha value is -3.97. The van der Waals surface area contributed by atoms with Crippen LogP contribution in [-0.4, -0.2) is 22.3 Å². The van der Waals surface area contributed by atoms with Crippen molar-refractivity contribution < 1.29 is 14.1 Å². The molecule has 4 aromatic rings. The van der Waals surface area contributed by atoms with Gasteiger partial charge in [0.2, 0.25) is 5.76 Å². The van der Waals surface area contributed by atoms with Crippen molar-refractivity contribution >= 4 is 34.2 Å². The summed E-state index contributed by atoms with van der Waals surface area (Å²) in [5.74, 6) is -0.399. The number of non-ortho nitro benzene ring substituents is 1. The van der Waals surface area contributed by atoms with Gasteiger partial charge < -0.3 is 9.32 Å². The van der Waals surface area contributed by atoms with Crippen LogP contribution in [-0.2, 0) is 6.42 Å². The van der Waals surface area contributed by atoms with Gasteiger partial charge >= 0.3 is 0 Å². The molecule has 1 aliphatic rings. The molecule has 0 fully saturated rings. The smallest absolute Gasteiger partial charge is 0.290 e. The fraction of sp³-hybridized carbons (Fsp3) is 0.120. The Kier molecular flexibility index (Phi) is 5.18. The summed E-state index contributed by atoms with van der Waals surface area (Å²) in [4.78, 5) is 39.1. The average molecular weight is 461 g/mol. The van der Waals surface area contributed by atoms with E-state index < -0.39 is 16.9 Å². The van der Waals surface area contributed by atoms with Gasteiger partial charge in [-0.3, -0.25) is 19.7 Å². The molecule has 164 valence electrons. The summed E-state index contributed by atoms with van der Waals surface area (Å²) in [7, 11) is 0. The van der Waals surface area contributed by atoms with Gasteiger partial charge in [-0.2, -0.15) is 0 Å². The van der Waals surface area contributed by atoms with E-state index >= 15 is 0 Å². The van der Waals surface area contributed by atoms with Crippen LogP contribution < -0.4 is 5.43 Å². The number of hydrogen-bond acceptors (Lipinski definition) is 5. The van der Waals surface area contributed by atoms with Crippen molar-refractivity contribution in [3.8, 4) is 0 Å². The molecule has 0 saturated heterocycles. The molecule has 8 heteroatoms. The van der Waals surface area contributed by atoms with Crippen molar-refractivity contribution in [1.82, 2.24) is 4.90 Å². The lowest BCUT2D eigenvalue weighted by Crippen LogP contribution is -2.31. The van der Waals surface area contributed by atoms with Crippen LogP contribution in [0.5, 0.6) is 0 Å². The minimum Gasteiger partial charge on any atom is -0.450 e. The molecule has 0 radical (unpaired) electrons. The van der Waals surface area contributed by atoms with Crippen molar-refractivity contribution in [1.29, 1.82) is 0 Å². The van der Waals surface area contributed by atoms with Gasteiger partial charge in [-0.15, -0.1) is 0 Å². The van der Waals surface area contributed by atoms with Crippen molar-refractivity contribution in [3.63, 3.8) is 0 Å². The van der Waals surface area contributed by atoms with E-state index in [1.807, 2.05) is 30.3 Å². The summed E-state index contributed by atoms with van der Waals surface area (Å²) in [6, 6.07) is 19.5. The topological polar surface area (TPSA) is 93.7 Å². The number of hydrogen-bond donors (Lipinski definition) is 0. The summed E-state index contributed by atoms with van der Waals surface area (Å²) >= 11 is 6.10. The molecular weight excluding hydrogens is 444 g/mol. The number of carbonyl (C=O) groups is 1. The first-order valence-corrected chi connectivity index (χ1v) is 10.7. The third-order valence-electron chi connectivity index (χ3n) is 5.83. The highest BCUT2D eigenvalue weighted by molar-refractivity contribution is 6.31. The zero-order valence-electron chi connectivity index (χ0n) is 17.2. The number of nitrogens with zero attached hydrogens (tertiary/aromatic N) is 2. The first-order valence-electron chi connectivity index (χ1n) is 10.3. The Balaban J connectivity index is 1.65. The predicted molar refractivity (Wildman–Crippen MR) is 124 cm³/mol. The molecule has 7 nitrogen and oxygen atoms in total. The molecule has 0 spiro atoms. The van der Waals surface area contributed by atoms with E-state index in [2.05, 4.69) is 0 Å². The summed E-state index contributed by atoms with van der Waals surface area (Å²) in [6.45, 7) is 0.339. The van der Waals surface area contributed by atoms with Gasteiger partial charge in [-0.1, -0.05) is 41.9 Å². The second-order valence-corrected chi connectivity index (χ2v) is 8.24. The van der Waals surface area contributed by atoms with Crippen molar-refractivity contribution in [2.24, 2.45) is 0 Å². The van der Waals surface area contributed by atoms with E-state index in [4.69, 9.17) is 16.0 Å². The Bertz CT molecular complexity index is 1450. The zero-order valence-corrected chi connectivity index (χ0v) is 18.0. The number of nitro groups is 1. The second-order valence-electron chi connectivity index (χ2n) is 7.80. The first-order chi connectivity index (χ1) is 15.9. The third-order valence-corrected chi connectivity index (χ3v) is 6.07. The van der Waals surface area contributed by atoms with E-state index in [1.54, 1.807) is 29.2 Å². The highest BCUT2D eigenvalue weighted by Gasteiger charge is 2.42. The highest BCUT2D eigenvalue weighted by atomic mass is 35.5. The molecule has 33 heavy (non-hydrogen) atoms. The van der Waals surface area contributed by atoms with Gasteiger partial charge in [0.25, 0.3) is 11.6 Å². The van der Waals surface area contributed by atoms with Crippen LogP contribution in [0.25, 0.3) is 11.0 Å². The van der Waals surface area contributed by atoms with E-state index in [-0.39, 0.29) is 33.4 Å². The van der Waals surface area contributed by atoms with Gasteiger partial charge in [0.1, 0.15) is 5.58 Å². The lowest BCUT2D eigenvalue weighted by Gasteiger charge is -2.25. The maximum Gasteiger partial charge on any atom is 0.290 e. The molecule has 0 saturated carbocycles. The molecule has 0 N–H and O–H groups in total. The minimum absolute atomic E-state index is 0.00811. The largest absolute Gasteiger partial charge is 0.450 e. The van der Waals surface area contributed by atoms with Crippen molar-refractivity contribution in [2.75, 3.05) is 6.54 Å². The minimum atomic E-state index is -0.725. The summed E-state index contributed by atoms with van der Waals surface area (Å²) < 4.78 is 5.89. The molecular formula is C25H17ClN2O5. The van der Waals surface area contributed by atoms with Crippen LogP contribution in [0.3, 0.4) is 0 Å². The SMILES string of the molecule is O=C1c2oc3ccc(Cl)cc3c(=O)c2C(c2ccc([N+](=O)[O-])cc2)N1CCc1ccccc1. The predicted octanol–water partition coefficient (Wildman–Crippen LogP) is 5.14. The van der Waals surface area contributed by atoms with Gasteiger partial charge in [0.15, 0.2) is 5.43 Å². The number of amides is 1. The van der Waals surface area contributed by atoms with E-state index in [9.17, 15) is 19.7 Å². The van der Waals surface area contributed by atoms with Crippen LogP contribution in [0.2, 0.25) is 5.02 Å². The van der Waals surface area contributed by atoms with Gasteiger partial charge in [-0.25, -0.2) is 0 Å². The first kappa shape index (κ1) is 20.9. The van der Waals surface area contributed by atoms with Crippen LogP contribution in [0.4, 0.5) is 5.69 Å². The molecule has 1 aromatic heterocycles. The van der Waals surface area contributed by atoms with E-state index in [0.29, 0.717) is 23.6 Å². The van der Waals surface area contributed by atoms with Crippen LogP contribution in [0.15, 0.2) is 82.0 Å². The van der Waals surface area contributed by atoms with Crippen LogP contribution in [0, 0.1) is 10.1 Å². The molecule has 1 aliphatic heterocycles. The fourth-order valence-electron chi connectivity index (χ4n) is 4.24. The standard InChI is InChI=1S/C25H17ClN2O5/c26-17-8-11-20-19(14-17)23(29)21-22(16-6-9-18(10-7-16)28(31)32)27(25(30)24(21)33-20)13-12-15-4-2-1-3-5-15/h1-11,14,22H,12-13H2. The van der Waals surface area contributed by atoms with Gasteiger partial charge in [0.05, 0.1) is 21.9 Å². The number of halogens is 1. The Morgan fingerprint density at radius 3 is 2.42 bits per heavy atom. The lowest BCUT2D eigenvalue weighted by molar-refractivity contribution is -0.384. The quantitative estimate of drug-likeness (QED) is 0.303. The number of rotatable bonds is 5. The Labute approximate surface area is 193 Å². The summed E-state index contributed by atoms with van der Waals surface area (Å²) in [5.41, 5.74) is 1.72. The second kappa shape index (κ2) is 8.18. The lowest BCUT2D eigenvalue weighted by atomic mass is 9.98. The van der Waals surface area contributed by atoms with Crippen LogP contribution in [0.1, 0.15) is 33.3 Å². The molecule has 1 atom stereocenters. The summed E-state index contributed by atoms with van der Waals surface area (Å²) in [5, 5.41) is 11.8. The van der Waals surface area contributed by atoms with Crippen molar-refractivity contribution in [3.05, 3.63) is 121 Å². The third kappa shape index (κ3) is 3.66. The number of nitro benzene ring substituents is 1. The molecule has 0 bridgehead atoms. The molecule has 1 unspecified atom stereocenters. The normalized spacial score (nSPS) is 15.1. The maximum atomic E-state index is 13.5.